The lowest BCUT2D eigenvalue weighted by Gasteiger charge is -2.02. The van der Waals surface area contributed by atoms with Gasteiger partial charge in [-0.2, -0.15) is 0 Å². The van der Waals surface area contributed by atoms with Gasteiger partial charge in [-0.3, -0.25) is 0 Å². The molecule has 0 heterocycles. The van der Waals surface area contributed by atoms with Crippen LogP contribution in [0.2, 0.25) is 0 Å². The Morgan fingerprint density at radius 1 is 1.23 bits per heavy atom. The smallest absolute Gasteiger partial charge is 0.316 e. The molecular weight excluding hydrogens is 185 g/mol. The van der Waals surface area contributed by atoms with Gasteiger partial charge >= 0.3 is 6.03 Å². The minimum atomic E-state index is -1.59. The van der Waals surface area contributed by atoms with E-state index in [1.54, 1.807) is 0 Å². The van der Waals surface area contributed by atoms with Crippen LogP contribution < -0.4 is 11.1 Å². The molecule has 0 aliphatic heterocycles. The van der Waals surface area contributed by atoms with Crippen LogP contribution in [0.5, 0.6) is 0 Å². The molecule has 2 amide bonds. The Bertz CT molecular complexity index is 331. The summed E-state index contributed by atoms with van der Waals surface area (Å²) in [6.07, 6.45) is 0. The number of urea groups is 1. The summed E-state index contributed by atoms with van der Waals surface area (Å²) in [5, 5.41) is 1.91. The van der Waals surface area contributed by atoms with E-state index in [0.717, 1.165) is 0 Å². The van der Waals surface area contributed by atoms with Crippen molar-refractivity contribution < 1.29 is 18.0 Å². The third-order valence-corrected chi connectivity index (χ3v) is 1.25. The van der Waals surface area contributed by atoms with Gasteiger partial charge in [-0.25, -0.2) is 18.0 Å². The highest BCUT2D eigenvalue weighted by molar-refractivity contribution is 5.87. The average molecular weight is 190 g/mol. The first kappa shape index (κ1) is 9.37. The Kier molecular flexibility index (Phi) is 2.41. The minimum Gasteiger partial charge on any atom is -0.351 e. The molecule has 0 saturated heterocycles. The summed E-state index contributed by atoms with van der Waals surface area (Å²) in [6.45, 7) is 0. The first-order valence-corrected chi connectivity index (χ1v) is 3.21. The summed E-state index contributed by atoms with van der Waals surface area (Å²) in [5.41, 5.74) is 4.44. The number of amides is 2. The van der Waals surface area contributed by atoms with Crippen LogP contribution in [0.15, 0.2) is 12.1 Å². The van der Waals surface area contributed by atoms with E-state index in [2.05, 4.69) is 5.73 Å². The predicted octanol–water partition coefficient (Wildman–Crippen LogP) is 1.59. The lowest BCUT2D eigenvalue weighted by molar-refractivity contribution is 0.259. The Balaban J connectivity index is 3.06. The van der Waals surface area contributed by atoms with E-state index < -0.39 is 23.5 Å². The van der Waals surface area contributed by atoms with Crippen LogP contribution in [0.3, 0.4) is 0 Å². The highest BCUT2D eigenvalue weighted by Crippen LogP contribution is 2.16. The number of halogens is 3. The van der Waals surface area contributed by atoms with Crippen molar-refractivity contribution in [1.82, 2.24) is 0 Å². The molecule has 0 fully saturated rings. The molecular formula is C7H5F3N2O. The number of carbonyl (C=O) groups excluding carboxylic acids is 1. The van der Waals surface area contributed by atoms with Crippen LogP contribution in [0.1, 0.15) is 0 Å². The van der Waals surface area contributed by atoms with Crippen LogP contribution in [0.25, 0.3) is 0 Å². The molecule has 13 heavy (non-hydrogen) atoms. The summed E-state index contributed by atoms with van der Waals surface area (Å²) in [5.74, 6) is -4.36. The Morgan fingerprint density at radius 2 is 1.69 bits per heavy atom. The predicted molar refractivity (Wildman–Crippen MR) is 39.5 cm³/mol. The van der Waals surface area contributed by atoms with Gasteiger partial charge in [-0.1, -0.05) is 0 Å². The third kappa shape index (κ3) is 2.11. The standard InChI is InChI=1S/C7H5F3N2O/c8-4-1-3(12-7(11)13)2-5(9)6(4)10/h1-2H,(H3,11,12,13). The van der Waals surface area contributed by atoms with Crippen molar-refractivity contribution >= 4 is 11.7 Å². The fourth-order valence-corrected chi connectivity index (χ4v) is 0.770. The number of carbonyl (C=O) groups is 1. The Hall–Kier alpha value is -1.72. The topological polar surface area (TPSA) is 55.1 Å². The van der Waals surface area contributed by atoms with Crippen molar-refractivity contribution in [3.63, 3.8) is 0 Å². The van der Waals surface area contributed by atoms with E-state index in [1.165, 1.54) is 0 Å². The van der Waals surface area contributed by atoms with Gasteiger partial charge in [0, 0.05) is 17.8 Å². The molecule has 0 spiro atoms. The molecule has 3 nitrogen and oxygen atoms in total. The molecule has 0 aliphatic rings. The van der Waals surface area contributed by atoms with Crippen molar-refractivity contribution in [1.29, 1.82) is 0 Å². The van der Waals surface area contributed by atoms with Gasteiger partial charge in [0.25, 0.3) is 0 Å². The van der Waals surface area contributed by atoms with Gasteiger partial charge in [0.1, 0.15) is 0 Å². The molecule has 70 valence electrons. The van der Waals surface area contributed by atoms with E-state index in [1.807, 2.05) is 5.32 Å². The number of nitrogens with one attached hydrogen (secondary N) is 1. The largest absolute Gasteiger partial charge is 0.351 e. The van der Waals surface area contributed by atoms with Crippen molar-refractivity contribution in [2.45, 2.75) is 0 Å². The molecule has 3 N–H and O–H groups in total. The maximum absolute atomic E-state index is 12.5. The van der Waals surface area contributed by atoms with Gasteiger partial charge in [0.15, 0.2) is 17.5 Å². The quantitative estimate of drug-likeness (QED) is 0.649. The third-order valence-electron chi connectivity index (χ3n) is 1.25. The van der Waals surface area contributed by atoms with E-state index in [4.69, 9.17) is 0 Å². The van der Waals surface area contributed by atoms with Gasteiger partial charge < -0.3 is 11.1 Å². The Labute approximate surface area is 71.3 Å². The summed E-state index contributed by atoms with van der Waals surface area (Å²) in [4.78, 5) is 10.2. The van der Waals surface area contributed by atoms with E-state index >= 15 is 0 Å². The highest BCUT2D eigenvalue weighted by Gasteiger charge is 2.10. The average Bonchev–Trinajstić information content (AvgIpc) is 1.98. The van der Waals surface area contributed by atoms with Gasteiger partial charge in [0.05, 0.1) is 0 Å². The molecule has 0 saturated carbocycles. The summed E-state index contributed by atoms with van der Waals surface area (Å²) >= 11 is 0. The molecule has 1 rings (SSSR count). The van der Waals surface area contributed by atoms with Crippen LogP contribution in [-0.2, 0) is 0 Å². The second-order valence-corrected chi connectivity index (χ2v) is 2.24. The maximum Gasteiger partial charge on any atom is 0.316 e. The number of benzene rings is 1. The SMILES string of the molecule is NC(=O)Nc1cc(F)c(F)c(F)c1. The number of rotatable bonds is 1. The van der Waals surface area contributed by atoms with Crippen molar-refractivity contribution in [3.05, 3.63) is 29.6 Å². The normalized spacial score (nSPS) is 9.77. The van der Waals surface area contributed by atoms with Gasteiger partial charge in [-0.15, -0.1) is 0 Å². The van der Waals surface area contributed by atoms with Crippen molar-refractivity contribution in [2.75, 3.05) is 5.32 Å². The van der Waals surface area contributed by atoms with Gasteiger partial charge in [-0.05, 0) is 0 Å². The number of nitrogens with two attached hydrogens (primary N) is 1. The first-order valence-electron chi connectivity index (χ1n) is 3.21. The fraction of sp³-hybridized carbons (Fsp3) is 0. The van der Waals surface area contributed by atoms with E-state index in [0.29, 0.717) is 12.1 Å². The number of hydrogen-bond donors (Lipinski definition) is 2. The first-order chi connectivity index (χ1) is 6.00. The highest BCUT2D eigenvalue weighted by atomic mass is 19.2. The van der Waals surface area contributed by atoms with Crippen molar-refractivity contribution in [2.24, 2.45) is 5.73 Å². The number of anilines is 1. The fourth-order valence-electron chi connectivity index (χ4n) is 0.770. The zero-order valence-corrected chi connectivity index (χ0v) is 6.27. The second kappa shape index (κ2) is 3.34. The maximum atomic E-state index is 12.5. The summed E-state index contributed by atoms with van der Waals surface area (Å²) in [7, 11) is 0. The van der Waals surface area contributed by atoms with Crippen LogP contribution in [0, 0.1) is 17.5 Å². The monoisotopic (exact) mass is 190 g/mol. The van der Waals surface area contributed by atoms with Crippen LogP contribution in [0.4, 0.5) is 23.7 Å². The van der Waals surface area contributed by atoms with E-state index in [-0.39, 0.29) is 5.69 Å². The molecule has 0 aliphatic carbocycles. The lowest BCUT2D eigenvalue weighted by Crippen LogP contribution is -2.19. The second-order valence-electron chi connectivity index (χ2n) is 2.24. The molecule has 1 aromatic carbocycles. The summed E-state index contributed by atoms with van der Waals surface area (Å²) in [6, 6.07) is 0.275. The molecule has 6 heteroatoms. The molecule has 0 atom stereocenters. The van der Waals surface area contributed by atoms with Crippen LogP contribution >= 0.6 is 0 Å². The Morgan fingerprint density at radius 3 is 2.08 bits per heavy atom. The van der Waals surface area contributed by atoms with Gasteiger partial charge in [0.2, 0.25) is 0 Å². The zero-order chi connectivity index (χ0) is 10.0. The van der Waals surface area contributed by atoms with Crippen molar-refractivity contribution in [3.8, 4) is 0 Å². The molecule has 0 bridgehead atoms. The molecule has 0 unspecified atom stereocenters. The van der Waals surface area contributed by atoms with E-state index in [9.17, 15) is 18.0 Å². The zero-order valence-electron chi connectivity index (χ0n) is 6.27. The minimum absolute atomic E-state index is 0.232. The molecule has 1 aromatic rings. The summed E-state index contributed by atoms with van der Waals surface area (Å²) < 4.78 is 37.3. The number of hydrogen-bond acceptors (Lipinski definition) is 1. The molecule has 0 radical (unpaired) electrons. The lowest BCUT2D eigenvalue weighted by atomic mass is 10.3. The van der Waals surface area contributed by atoms with Crippen LogP contribution in [-0.4, -0.2) is 6.03 Å². The number of primary amides is 1. The molecule has 0 aromatic heterocycles.